The summed E-state index contributed by atoms with van der Waals surface area (Å²) >= 11 is 0. The predicted octanol–water partition coefficient (Wildman–Crippen LogP) is 2.96. The van der Waals surface area contributed by atoms with Gasteiger partial charge in [-0.05, 0) is 37.8 Å². The number of rotatable bonds is 4. The van der Waals surface area contributed by atoms with Gasteiger partial charge in [-0.3, -0.25) is 9.78 Å². The number of hydrogen-bond acceptors (Lipinski definition) is 3. The minimum absolute atomic E-state index is 0.0450. The topological polar surface area (TPSA) is 55.0 Å². The molecule has 2 aromatic rings. The summed E-state index contributed by atoms with van der Waals surface area (Å²) in [6.07, 6.45) is 3.99. The number of benzene rings is 1. The number of nitrogens with zero attached hydrogens (tertiary/aromatic N) is 1. The molecular weight excluding hydrogens is 290 g/mol. The van der Waals surface area contributed by atoms with Gasteiger partial charge in [-0.1, -0.05) is 6.07 Å². The molecular formula is C16H16F2N2O2. The van der Waals surface area contributed by atoms with E-state index in [2.05, 4.69) is 9.97 Å². The van der Waals surface area contributed by atoms with Crippen LogP contribution in [0, 0.1) is 11.6 Å². The molecule has 116 valence electrons. The van der Waals surface area contributed by atoms with Gasteiger partial charge in [0, 0.05) is 18.1 Å². The summed E-state index contributed by atoms with van der Waals surface area (Å²) in [6, 6.07) is 5.01. The Bertz CT molecular complexity index is 704. The van der Waals surface area contributed by atoms with Crippen LogP contribution < -0.4 is 10.3 Å². The highest BCUT2D eigenvalue weighted by atomic mass is 19.1. The average Bonchev–Trinajstić information content (AvgIpc) is 2.95. The lowest BCUT2D eigenvalue weighted by atomic mass is 10.1. The van der Waals surface area contributed by atoms with Gasteiger partial charge in [0.05, 0.1) is 5.69 Å². The number of H-pyrrole nitrogens is 1. The van der Waals surface area contributed by atoms with Crippen LogP contribution in [0.2, 0.25) is 0 Å². The Balaban J connectivity index is 1.84. The molecule has 3 rings (SSSR count). The number of aromatic amines is 1. The minimum Gasteiger partial charge on any atom is -0.461 e. The lowest BCUT2D eigenvalue weighted by molar-refractivity contribution is 0.191. The van der Waals surface area contributed by atoms with Crippen molar-refractivity contribution >= 4 is 0 Å². The molecule has 1 N–H and O–H groups in total. The second-order valence-corrected chi connectivity index (χ2v) is 5.44. The van der Waals surface area contributed by atoms with Crippen LogP contribution in [-0.2, 0) is 6.42 Å². The number of halogens is 2. The maximum absolute atomic E-state index is 13.7. The summed E-state index contributed by atoms with van der Waals surface area (Å²) in [6.45, 7) is 0. The van der Waals surface area contributed by atoms with Crippen LogP contribution in [0.5, 0.6) is 6.01 Å². The zero-order valence-electron chi connectivity index (χ0n) is 11.9. The first-order chi connectivity index (χ1) is 10.6. The number of aromatic nitrogens is 2. The molecule has 0 atom stereocenters. The molecule has 1 aromatic heterocycles. The Morgan fingerprint density at radius 1 is 1.23 bits per heavy atom. The molecule has 0 bridgehead atoms. The van der Waals surface area contributed by atoms with E-state index in [1.54, 1.807) is 0 Å². The van der Waals surface area contributed by atoms with Crippen LogP contribution >= 0.6 is 0 Å². The van der Waals surface area contributed by atoms with E-state index in [0.717, 1.165) is 25.7 Å². The highest BCUT2D eigenvalue weighted by molar-refractivity contribution is 5.25. The maximum atomic E-state index is 13.7. The molecule has 1 aliphatic carbocycles. The van der Waals surface area contributed by atoms with Gasteiger partial charge < -0.3 is 4.74 Å². The molecule has 1 fully saturated rings. The Labute approximate surface area is 126 Å². The van der Waals surface area contributed by atoms with Crippen molar-refractivity contribution in [2.75, 3.05) is 0 Å². The van der Waals surface area contributed by atoms with Crippen LogP contribution in [0.25, 0.3) is 0 Å². The lowest BCUT2D eigenvalue weighted by Gasteiger charge is -2.12. The zero-order valence-corrected chi connectivity index (χ0v) is 11.9. The highest BCUT2D eigenvalue weighted by Gasteiger charge is 2.18. The van der Waals surface area contributed by atoms with Gasteiger partial charge in [0.25, 0.3) is 11.6 Å². The highest BCUT2D eigenvalue weighted by Crippen LogP contribution is 2.22. The molecule has 1 aliphatic rings. The van der Waals surface area contributed by atoms with Crippen LogP contribution in [-0.4, -0.2) is 16.1 Å². The summed E-state index contributed by atoms with van der Waals surface area (Å²) in [7, 11) is 0. The molecule has 0 aliphatic heterocycles. The largest absolute Gasteiger partial charge is 0.461 e. The van der Waals surface area contributed by atoms with E-state index < -0.39 is 17.2 Å². The third-order valence-corrected chi connectivity index (χ3v) is 3.77. The summed E-state index contributed by atoms with van der Waals surface area (Å²) in [5.74, 6) is -1.30. The van der Waals surface area contributed by atoms with Crippen LogP contribution in [0.3, 0.4) is 0 Å². The molecule has 22 heavy (non-hydrogen) atoms. The molecule has 4 nitrogen and oxygen atoms in total. The quantitative estimate of drug-likeness (QED) is 0.945. The molecule has 6 heteroatoms. The van der Waals surface area contributed by atoms with E-state index in [9.17, 15) is 13.6 Å². The van der Waals surface area contributed by atoms with Gasteiger partial charge in [-0.15, -0.1) is 0 Å². The van der Waals surface area contributed by atoms with Crippen molar-refractivity contribution in [2.24, 2.45) is 0 Å². The first-order valence-corrected chi connectivity index (χ1v) is 7.31. The molecule has 0 amide bonds. The van der Waals surface area contributed by atoms with E-state index in [1.165, 1.54) is 24.3 Å². The zero-order chi connectivity index (χ0) is 15.5. The smallest absolute Gasteiger partial charge is 0.296 e. The Morgan fingerprint density at radius 3 is 2.59 bits per heavy atom. The number of ether oxygens (including phenoxy) is 1. The first kappa shape index (κ1) is 14.7. The second kappa shape index (κ2) is 6.25. The molecule has 0 spiro atoms. The van der Waals surface area contributed by atoms with E-state index in [4.69, 9.17) is 4.74 Å². The SMILES string of the molecule is O=c1cc(Cc2c(F)cccc2F)nc(OC2CCCC2)[nH]1. The van der Waals surface area contributed by atoms with Crippen molar-refractivity contribution in [3.63, 3.8) is 0 Å². The van der Waals surface area contributed by atoms with Crippen molar-refractivity contribution in [3.8, 4) is 6.01 Å². The van der Waals surface area contributed by atoms with Crippen LogP contribution in [0.1, 0.15) is 36.9 Å². The normalized spacial score (nSPS) is 15.2. The number of nitrogens with one attached hydrogen (secondary N) is 1. The second-order valence-electron chi connectivity index (χ2n) is 5.44. The average molecular weight is 306 g/mol. The third kappa shape index (κ3) is 3.32. The Hall–Kier alpha value is -2.24. The standard InChI is InChI=1S/C16H16F2N2O2/c17-13-6-3-7-14(18)12(13)8-10-9-15(21)20-16(19-10)22-11-4-1-2-5-11/h3,6-7,9,11H,1-2,4-5,8H2,(H,19,20,21). The van der Waals surface area contributed by atoms with Crippen LogP contribution in [0.4, 0.5) is 8.78 Å². The predicted molar refractivity (Wildman–Crippen MR) is 76.9 cm³/mol. The molecule has 0 unspecified atom stereocenters. The molecule has 1 heterocycles. The summed E-state index contributed by atoms with van der Waals surface area (Å²) < 4.78 is 33.0. The van der Waals surface area contributed by atoms with E-state index in [0.29, 0.717) is 0 Å². The lowest BCUT2D eigenvalue weighted by Crippen LogP contribution is -2.18. The molecule has 1 aromatic carbocycles. The third-order valence-electron chi connectivity index (χ3n) is 3.77. The fourth-order valence-electron chi connectivity index (χ4n) is 2.68. The number of hydrogen-bond donors (Lipinski definition) is 1. The van der Waals surface area contributed by atoms with Crippen molar-refractivity contribution in [1.82, 2.24) is 9.97 Å². The molecule has 1 saturated carbocycles. The molecule has 0 radical (unpaired) electrons. The van der Waals surface area contributed by atoms with E-state index in [1.807, 2.05) is 0 Å². The van der Waals surface area contributed by atoms with Gasteiger partial charge in [-0.2, -0.15) is 0 Å². The van der Waals surface area contributed by atoms with Gasteiger partial charge in [0.2, 0.25) is 0 Å². The van der Waals surface area contributed by atoms with Crippen LogP contribution in [0.15, 0.2) is 29.1 Å². The summed E-state index contributed by atoms with van der Waals surface area (Å²) in [4.78, 5) is 18.4. The van der Waals surface area contributed by atoms with Crippen molar-refractivity contribution in [1.29, 1.82) is 0 Å². The van der Waals surface area contributed by atoms with Crippen molar-refractivity contribution < 1.29 is 13.5 Å². The Kier molecular flexibility index (Phi) is 4.18. The summed E-state index contributed by atoms with van der Waals surface area (Å²) in [5, 5.41) is 0. The minimum atomic E-state index is -0.652. The maximum Gasteiger partial charge on any atom is 0.296 e. The van der Waals surface area contributed by atoms with Crippen molar-refractivity contribution in [3.05, 3.63) is 57.5 Å². The fourth-order valence-corrected chi connectivity index (χ4v) is 2.68. The monoisotopic (exact) mass is 306 g/mol. The van der Waals surface area contributed by atoms with E-state index in [-0.39, 0.29) is 29.8 Å². The molecule has 0 saturated heterocycles. The summed E-state index contributed by atoms with van der Waals surface area (Å²) in [5.41, 5.74) is -0.220. The van der Waals surface area contributed by atoms with Crippen molar-refractivity contribution in [2.45, 2.75) is 38.2 Å². The van der Waals surface area contributed by atoms with E-state index >= 15 is 0 Å². The van der Waals surface area contributed by atoms with Gasteiger partial charge >= 0.3 is 0 Å². The first-order valence-electron chi connectivity index (χ1n) is 7.31. The fraction of sp³-hybridized carbons (Fsp3) is 0.375. The Morgan fingerprint density at radius 2 is 1.91 bits per heavy atom. The van der Waals surface area contributed by atoms with Gasteiger partial charge in [0.15, 0.2) is 0 Å². The van der Waals surface area contributed by atoms with Gasteiger partial charge in [-0.25, -0.2) is 13.8 Å². The van der Waals surface area contributed by atoms with Gasteiger partial charge in [0.1, 0.15) is 17.7 Å².